The van der Waals surface area contributed by atoms with E-state index in [9.17, 15) is 0 Å². The summed E-state index contributed by atoms with van der Waals surface area (Å²) >= 11 is 1.09. The average molecular weight is 194 g/mol. The lowest BCUT2D eigenvalue weighted by Crippen LogP contribution is -1.96. The first-order valence-corrected chi connectivity index (χ1v) is 4.67. The number of hydrogen-bond acceptors (Lipinski definition) is 4. The molecule has 4 heteroatoms. The van der Waals surface area contributed by atoms with Crippen molar-refractivity contribution in [1.29, 1.82) is 5.26 Å². The Labute approximate surface area is 81.5 Å². The highest BCUT2D eigenvalue weighted by Crippen LogP contribution is 2.27. The third-order valence-electron chi connectivity index (χ3n) is 1.45. The first-order chi connectivity index (χ1) is 6.27. The second-order valence-corrected chi connectivity index (χ2v) is 3.18. The number of nitrogens with two attached hydrogens (primary N) is 1. The van der Waals surface area contributed by atoms with Crippen LogP contribution < -0.4 is 10.5 Å². The smallest absolute Gasteiger partial charge is 0.143 e. The van der Waals surface area contributed by atoms with Crippen molar-refractivity contribution in [2.24, 2.45) is 0 Å². The van der Waals surface area contributed by atoms with Gasteiger partial charge in [0, 0.05) is 4.90 Å². The van der Waals surface area contributed by atoms with Crippen molar-refractivity contribution in [1.82, 2.24) is 0 Å². The molecular formula is C9H10N2OS. The summed E-state index contributed by atoms with van der Waals surface area (Å²) < 4.78 is 5.28. The molecule has 13 heavy (non-hydrogen) atoms. The summed E-state index contributed by atoms with van der Waals surface area (Å²) in [6, 6.07) is 5.31. The topological polar surface area (TPSA) is 59.0 Å². The van der Waals surface area contributed by atoms with Gasteiger partial charge in [0.25, 0.3) is 0 Å². The van der Waals surface area contributed by atoms with Gasteiger partial charge >= 0.3 is 0 Å². The number of rotatable bonds is 3. The second-order valence-electron chi connectivity index (χ2n) is 2.33. The first-order valence-electron chi connectivity index (χ1n) is 3.86. The lowest BCUT2D eigenvalue weighted by molar-refractivity contribution is 0.341. The molecule has 0 saturated heterocycles. The minimum atomic E-state index is 0.574. The Balaban J connectivity index is 2.91. The zero-order chi connectivity index (χ0) is 9.68. The molecule has 1 aromatic carbocycles. The van der Waals surface area contributed by atoms with Crippen molar-refractivity contribution >= 4 is 17.4 Å². The highest BCUT2D eigenvalue weighted by Gasteiger charge is 2.01. The molecule has 0 fully saturated rings. The van der Waals surface area contributed by atoms with Gasteiger partial charge in [-0.15, -0.1) is 0 Å². The quantitative estimate of drug-likeness (QED) is 0.455. The van der Waals surface area contributed by atoms with Crippen LogP contribution in [-0.4, -0.2) is 6.61 Å². The summed E-state index contributed by atoms with van der Waals surface area (Å²) in [5, 5.41) is 10.4. The molecule has 0 aliphatic carbocycles. The number of nitriles is 1. The number of nitrogen functional groups attached to an aromatic ring is 1. The fourth-order valence-electron chi connectivity index (χ4n) is 0.911. The van der Waals surface area contributed by atoms with Gasteiger partial charge in [0.05, 0.1) is 12.3 Å². The SMILES string of the molecule is CCOc1cc(SC#N)ccc1N. The minimum absolute atomic E-state index is 0.574. The lowest BCUT2D eigenvalue weighted by atomic mass is 10.3. The van der Waals surface area contributed by atoms with Gasteiger partial charge in [0.15, 0.2) is 0 Å². The Kier molecular flexibility index (Phi) is 3.47. The molecule has 3 nitrogen and oxygen atoms in total. The van der Waals surface area contributed by atoms with E-state index in [-0.39, 0.29) is 0 Å². The average Bonchev–Trinajstić information content (AvgIpc) is 2.12. The zero-order valence-corrected chi connectivity index (χ0v) is 8.10. The van der Waals surface area contributed by atoms with E-state index in [2.05, 4.69) is 0 Å². The van der Waals surface area contributed by atoms with Crippen molar-refractivity contribution in [3.05, 3.63) is 18.2 Å². The third-order valence-corrected chi connectivity index (χ3v) is 2.03. The van der Waals surface area contributed by atoms with Gasteiger partial charge in [-0.2, -0.15) is 5.26 Å². The van der Waals surface area contributed by atoms with Gasteiger partial charge in [0.1, 0.15) is 11.2 Å². The van der Waals surface area contributed by atoms with Crippen LogP contribution in [0.5, 0.6) is 5.75 Å². The molecule has 68 valence electrons. The fraction of sp³-hybridized carbons (Fsp3) is 0.222. The van der Waals surface area contributed by atoms with Gasteiger partial charge in [-0.05, 0) is 36.9 Å². The molecule has 2 N–H and O–H groups in total. The molecule has 0 saturated carbocycles. The minimum Gasteiger partial charge on any atom is -0.492 e. The summed E-state index contributed by atoms with van der Waals surface area (Å²) in [6.07, 6.45) is 0. The summed E-state index contributed by atoms with van der Waals surface area (Å²) in [5.74, 6) is 0.641. The van der Waals surface area contributed by atoms with E-state index in [1.165, 1.54) is 0 Å². The molecule has 0 radical (unpaired) electrons. The van der Waals surface area contributed by atoms with Crippen LogP contribution in [0.2, 0.25) is 0 Å². The van der Waals surface area contributed by atoms with Crippen LogP contribution >= 0.6 is 11.8 Å². The van der Waals surface area contributed by atoms with Crippen molar-refractivity contribution in [3.63, 3.8) is 0 Å². The van der Waals surface area contributed by atoms with Crippen LogP contribution in [0, 0.1) is 10.7 Å². The molecule has 0 amide bonds. The Morgan fingerprint density at radius 2 is 2.38 bits per heavy atom. The summed E-state index contributed by atoms with van der Waals surface area (Å²) in [5.41, 5.74) is 6.26. The number of benzene rings is 1. The van der Waals surface area contributed by atoms with Crippen molar-refractivity contribution in [3.8, 4) is 11.2 Å². The van der Waals surface area contributed by atoms with Gasteiger partial charge in [-0.3, -0.25) is 0 Å². The molecule has 0 unspecified atom stereocenters. The first kappa shape index (κ1) is 9.75. The molecule has 1 aromatic rings. The van der Waals surface area contributed by atoms with Crippen LogP contribution in [0.25, 0.3) is 0 Å². The normalized spacial score (nSPS) is 9.23. The third kappa shape index (κ3) is 2.56. The maximum Gasteiger partial charge on any atom is 0.143 e. The Hall–Kier alpha value is -1.34. The number of nitrogens with zero attached hydrogens (tertiary/aromatic N) is 1. The molecule has 1 rings (SSSR count). The number of thioether (sulfide) groups is 1. The molecule has 0 bridgehead atoms. The number of anilines is 1. The summed E-state index contributed by atoms with van der Waals surface area (Å²) in [4.78, 5) is 0.847. The Morgan fingerprint density at radius 1 is 1.62 bits per heavy atom. The van der Waals surface area contributed by atoms with Crippen LogP contribution in [-0.2, 0) is 0 Å². The van der Waals surface area contributed by atoms with E-state index in [1.54, 1.807) is 18.2 Å². The number of thiocyanates is 1. The highest BCUT2D eigenvalue weighted by molar-refractivity contribution is 8.03. The van der Waals surface area contributed by atoms with E-state index in [1.807, 2.05) is 12.3 Å². The van der Waals surface area contributed by atoms with Crippen molar-refractivity contribution in [2.75, 3.05) is 12.3 Å². The molecule has 0 aliphatic heterocycles. The van der Waals surface area contributed by atoms with Gasteiger partial charge in [-0.1, -0.05) is 0 Å². The lowest BCUT2D eigenvalue weighted by Gasteiger charge is -2.06. The molecule has 0 spiro atoms. The van der Waals surface area contributed by atoms with Gasteiger partial charge in [0.2, 0.25) is 0 Å². The second kappa shape index (κ2) is 4.63. The van der Waals surface area contributed by atoms with Crippen LogP contribution in [0.15, 0.2) is 23.1 Å². The summed E-state index contributed by atoms with van der Waals surface area (Å²) in [7, 11) is 0. The van der Waals surface area contributed by atoms with Crippen LogP contribution in [0.4, 0.5) is 5.69 Å². The van der Waals surface area contributed by atoms with E-state index >= 15 is 0 Å². The molecule has 0 heterocycles. The van der Waals surface area contributed by atoms with E-state index in [4.69, 9.17) is 15.7 Å². The fourth-order valence-corrected chi connectivity index (χ4v) is 1.32. The Morgan fingerprint density at radius 3 is 3.00 bits per heavy atom. The number of hydrogen-bond donors (Lipinski definition) is 1. The van der Waals surface area contributed by atoms with E-state index < -0.39 is 0 Å². The van der Waals surface area contributed by atoms with Crippen molar-refractivity contribution in [2.45, 2.75) is 11.8 Å². The maximum atomic E-state index is 8.45. The van der Waals surface area contributed by atoms with E-state index in [0.29, 0.717) is 18.0 Å². The zero-order valence-electron chi connectivity index (χ0n) is 7.28. The Bertz CT molecular complexity index is 333. The molecular weight excluding hydrogens is 184 g/mol. The standard InChI is InChI=1S/C9H10N2OS/c1-2-12-9-5-7(13-6-10)3-4-8(9)11/h3-5H,2,11H2,1H3. The van der Waals surface area contributed by atoms with Crippen LogP contribution in [0.3, 0.4) is 0 Å². The van der Waals surface area contributed by atoms with E-state index in [0.717, 1.165) is 16.7 Å². The molecule has 0 aliphatic rings. The van der Waals surface area contributed by atoms with Gasteiger partial charge < -0.3 is 10.5 Å². The van der Waals surface area contributed by atoms with Gasteiger partial charge in [-0.25, -0.2) is 0 Å². The summed E-state index contributed by atoms with van der Waals surface area (Å²) in [6.45, 7) is 2.47. The predicted octanol–water partition coefficient (Wildman–Crippen LogP) is 2.24. The highest BCUT2D eigenvalue weighted by atomic mass is 32.2. The predicted molar refractivity (Wildman–Crippen MR) is 53.5 cm³/mol. The maximum absolute atomic E-state index is 8.45. The van der Waals surface area contributed by atoms with Crippen molar-refractivity contribution < 1.29 is 4.74 Å². The van der Waals surface area contributed by atoms with Crippen LogP contribution in [0.1, 0.15) is 6.92 Å². The largest absolute Gasteiger partial charge is 0.492 e. The molecule has 0 aromatic heterocycles. The molecule has 0 atom stereocenters. The monoisotopic (exact) mass is 194 g/mol. The number of ether oxygens (including phenoxy) is 1.